The molecule has 150 valence electrons. The summed E-state index contributed by atoms with van der Waals surface area (Å²) in [5.41, 5.74) is 1.02. The second-order valence-electron chi connectivity index (χ2n) is 5.67. The Morgan fingerprint density at radius 3 is 2.69 bits per heavy atom. The zero-order valence-corrected chi connectivity index (χ0v) is 14.9. The zero-order valence-electron chi connectivity index (χ0n) is 14.9. The van der Waals surface area contributed by atoms with E-state index in [9.17, 15) is 23.7 Å². The maximum absolute atomic E-state index is 12.4. The van der Waals surface area contributed by atoms with Gasteiger partial charge in [-0.25, -0.2) is 0 Å². The van der Waals surface area contributed by atoms with Gasteiger partial charge in [-0.3, -0.25) is 20.0 Å². The summed E-state index contributed by atoms with van der Waals surface area (Å²) in [7, 11) is 1.26. The number of ether oxygens (including phenoxy) is 2. The number of hydrogen-bond acceptors (Lipinski definition) is 6. The van der Waals surface area contributed by atoms with Crippen molar-refractivity contribution in [2.45, 2.75) is 6.61 Å². The van der Waals surface area contributed by atoms with E-state index < -0.39 is 17.4 Å². The van der Waals surface area contributed by atoms with Crippen molar-refractivity contribution < 1.29 is 28.0 Å². The number of nitrogens with one attached hydrogen (secondary N) is 2. The number of non-ortho nitro benzene ring substituents is 1. The fourth-order valence-corrected chi connectivity index (χ4v) is 2.51. The average molecular weight is 404 g/mol. The highest BCUT2D eigenvalue weighted by atomic mass is 19.3. The minimum atomic E-state index is -3.03. The molecule has 11 heteroatoms. The van der Waals surface area contributed by atoms with Gasteiger partial charge in [0.15, 0.2) is 17.3 Å². The van der Waals surface area contributed by atoms with Crippen LogP contribution in [-0.4, -0.2) is 34.7 Å². The number of benzene rings is 2. The van der Waals surface area contributed by atoms with Crippen LogP contribution in [0.5, 0.6) is 11.5 Å². The van der Waals surface area contributed by atoms with E-state index in [-0.39, 0.29) is 28.6 Å². The summed E-state index contributed by atoms with van der Waals surface area (Å²) in [6, 6.07) is 11.1. The minimum absolute atomic E-state index is 0.0303. The fourth-order valence-electron chi connectivity index (χ4n) is 2.51. The molecule has 0 radical (unpaired) electrons. The molecule has 0 spiro atoms. The lowest BCUT2D eigenvalue weighted by Gasteiger charge is -2.11. The Bertz CT molecular complexity index is 1050. The van der Waals surface area contributed by atoms with Gasteiger partial charge in [0.05, 0.1) is 17.7 Å². The van der Waals surface area contributed by atoms with Crippen molar-refractivity contribution in [3.8, 4) is 22.8 Å². The van der Waals surface area contributed by atoms with Gasteiger partial charge < -0.3 is 14.8 Å². The molecule has 0 atom stereocenters. The predicted octanol–water partition coefficient (Wildman–Crippen LogP) is 3.85. The molecule has 0 aliphatic carbocycles. The molecular weight excluding hydrogens is 390 g/mol. The molecule has 0 bridgehead atoms. The standard InChI is InChI=1S/C18H14F2N4O5/c1-28-15-8-11(5-6-14(15)29-18(19)20)17(25)21-16-9-13(22-23-16)10-3-2-4-12(7-10)24(26)27/h2-9,18H,1H3,(H2,21,22,23,25). The number of amides is 1. The third kappa shape index (κ3) is 4.64. The van der Waals surface area contributed by atoms with Crippen LogP contribution >= 0.6 is 0 Å². The van der Waals surface area contributed by atoms with Crippen LogP contribution in [0, 0.1) is 10.1 Å². The number of alkyl halides is 2. The predicted molar refractivity (Wildman–Crippen MR) is 98.3 cm³/mol. The summed E-state index contributed by atoms with van der Waals surface area (Å²) >= 11 is 0. The van der Waals surface area contributed by atoms with E-state index in [1.165, 1.54) is 49.6 Å². The van der Waals surface area contributed by atoms with Crippen molar-refractivity contribution in [2.24, 2.45) is 0 Å². The molecule has 1 heterocycles. The second kappa shape index (κ2) is 8.33. The van der Waals surface area contributed by atoms with Crippen LogP contribution in [-0.2, 0) is 0 Å². The first-order valence-corrected chi connectivity index (χ1v) is 8.12. The normalized spacial score (nSPS) is 10.6. The van der Waals surface area contributed by atoms with E-state index in [1.807, 2.05) is 0 Å². The van der Waals surface area contributed by atoms with Gasteiger partial charge in [0.2, 0.25) is 0 Å². The number of anilines is 1. The van der Waals surface area contributed by atoms with Crippen LogP contribution in [0.15, 0.2) is 48.5 Å². The number of methoxy groups -OCH3 is 1. The van der Waals surface area contributed by atoms with E-state index in [0.717, 1.165) is 0 Å². The number of nitro benzene ring substituents is 1. The van der Waals surface area contributed by atoms with Crippen molar-refractivity contribution >= 4 is 17.4 Å². The fraction of sp³-hybridized carbons (Fsp3) is 0.111. The molecule has 0 aliphatic heterocycles. The van der Waals surface area contributed by atoms with Crippen LogP contribution in [0.3, 0.4) is 0 Å². The molecule has 2 aromatic carbocycles. The number of aromatic amines is 1. The Balaban J connectivity index is 1.77. The summed E-state index contributed by atoms with van der Waals surface area (Å²) < 4.78 is 34.1. The first kappa shape index (κ1) is 19.7. The number of hydrogen-bond donors (Lipinski definition) is 2. The van der Waals surface area contributed by atoms with Crippen molar-refractivity contribution in [1.29, 1.82) is 0 Å². The SMILES string of the molecule is COc1cc(C(=O)Nc2cc(-c3cccc([N+](=O)[O-])c3)[nH]n2)ccc1OC(F)F. The van der Waals surface area contributed by atoms with Gasteiger partial charge in [-0.2, -0.15) is 13.9 Å². The number of aromatic nitrogens is 2. The number of nitro groups is 1. The van der Waals surface area contributed by atoms with Gasteiger partial charge in [-0.05, 0) is 18.2 Å². The summed E-state index contributed by atoms with van der Waals surface area (Å²) in [6.07, 6.45) is 0. The molecular formula is C18H14F2N4O5. The number of rotatable bonds is 7. The van der Waals surface area contributed by atoms with Gasteiger partial charge in [-0.1, -0.05) is 12.1 Å². The van der Waals surface area contributed by atoms with Crippen molar-refractivity contribution in [1.82, 2.24) is 10.2 Å². The van der Waals surface area contributed by atoms with E-state index >= 15 is 0 Å². The number of nitrogens with zero attached hydrogens (tertiary/aromatic N) is 2. The van der Waals surface area contributed by atoms with Crippen LogP contribution < -0.4 is 14.8 Å². The molecule has 1 aromatic heterocycles. The molecule has 0 saturated heterocycles. The minimum Gasteiger partial charge on any atom is -0.493 e. The Morgan fingerprint density at radius 2 is 2.00 bits per heavy atom. The summed E-state index contributed by atoms with van der Waals surface area (Å²) in [4.78, 5) is 22.8. The molecule has 9 nitrogen and oxygen atoms in total. The molecule has 0 saturated carbocycles. The van der Waals surface area contributed by atoms with Crippen molar-refractivity contribution in [3.63, 3.8) is 0 Å². The molecule has 0 unspecified atom stereocenters. The third-order valence-corrected chi connectivity index (χ3v) is 3.83. The average Bonchev–Trinajstić information content (AvgIpc) is 3.16. The number of H-pyrrole nitrogens is 1. The smallest absolute Gasteiger partial charge is 0.387 e. The Hall–Kier alpha value is -4.02. The highest BCUT2D eigenvalue weighted by Crippen LogP contribution is 2.30. The summed E-state index contributed by atoms with van der Waals surface area (Å²) in [5.74, 6) is -0.628. The van der Waals surface area contributed by atoms with E-state index in [1.54, 1.807) is 6.07 Å². The van der Waals surface area contributed by atoms with Gasteiger partial charge >= 0.3 is 6.61 Å². The van der Waals surface area contributed by atoms with Gasteiger partial charge in [-0.15, -0.1) is 0 Å². The van der Waals surface area contributed by atoms with Crippen molar-refractivity contribution in [3.05, 3.63) is 64.2 Å². The Kier molecular flexibility index (Phi) is 5.67. The quantitative estimate of drug-likeness (QED) is 0.456. The number of carbonyl (C=O) groups is 1. The van der Waals surface area contributed by atoms with Crippen LogP contribution in [0.2, 0.25) is 0 Å². The zero-order chi connectivity index (χ0) is 21.0. The molecule has 0 fully saturated rings. The molecule has 29 heavy (non-hydrogen) atoms. The first-order chi connectivity index (χ1) is 13.9. The molecule has 0 aliphatic rings. The monoisotopic (exact) mass is 404 g/mol. The van der Waals surface area contributed by atoms with Gasteiger partial charge in [0.1, 0.15) is 0 Å². The molecule has 1 amide bonds. The number of halogens is 2. The lowest BCUT2D eigenvalue weighted by atomic mass is 10.1. The maximum Gasteiger partial charge on any atom is 0.387 e. The molecule has 3 rings (SSSR count). The summed E-state index contributed by atoms with van der Waals surface area (Å²) in [5, 5.41) is 20.1. The highest BCUT2D eigenvalue weighted by molar-refractivity contribution is 6.04. The van der Waals surface area contributed by atoms with E-state index in [2.05, 4.69) is 20.3 Å². The van der Waals surface area contributed by atoms with E-state index in [0.29, 0.717) is 11.3 Å². The lowest BCUT2D eigenvalue weighted by molar-refractivity contribution is -0.384. The van der Waals surface area contributed by atoms with Crippen molar-refractivity contribution in [2.75, 3.05) is 12.4 Å². The van der Waals surface area contributed by atoms with Crippen LogP contribution in [0.4, 0.5) is 20.3 Å². The topological polar surface area (TPSA) is 119 Å². The lowest BCUT2D eigenvalue weighted by Crippen LogP contribution is -2.12. The van der Waals surface area contributed by atoms with Gasteiger partial charge in [0, 0.05) is 29.3 Å². The third-order valence-electron chi connectivity index (χ3n) is 3.83. The van der Waals surface area contributed by atoms with Crippen LogP contribution in [0.25, 0.3) is 11.3 Å². The van der Waals surface area contributed by atoms with E-state index in [4.69, 9.17) is 4.74 Å². The molecule has 3 aromatic rings. The van der Waals surface area contributed by atoms with Gasteiger partial charge in [0.25, 0.3) is 11.6 Å². The molecule has 2 N–H and O–H groups in total. The highest BCUT2D eigenvalue weighted by Gasteiger charge is 2.16. The largest absolute Gasteiger partial charge is 0.493 e. The summed E-state index contributed by atoms with van der Waals surface area (Å²) in [6.45, 7) is -3.03. The first-order valence-electron chi connectivity index (χ1n) is 8.12. The maximum atomic E-state index is 12.4. The Morgan fingerprint density at radius 1 is 1.21 bits per heavy atom. The Labute approximate surface area is 162 Å². The number of carbonyl (C=O) groups excluding carboxylic acids is 1. The van der Waals surface area contributed by atoms with Crippen LogP contribution in [0.1, 0.15) is 10.4 Å². The second-order valence-corrected chi connectivity index (χ2v) is 5.67.